The molecule has 26 heavy (non-hydrogen) atoms. The number of nitrogens with zero attached hydrogens (tertiary/aromatic N) is 2. The van der Waals surface area contributed by atoms with E-state index in [9.17, 15) is 4.79 Å². The molecule has 0 spiro atoms. The van der Waals surface area contributed by atoms with Crippen molar-refractivity contribution in [2.45, 2.75) is 17.5 Å². The van der Waals surface area contributed by atoms with Gasteiger partial charge in [0.25, 0.3) is 5.91 Å². The fourth-order valence-corrected chi connectivity index (χ4v) is 3.57. The Morgan fingerprint density at radius 1 is 1.08 bits per heavy atom. The number of halogens is 3. The fraction of sp³-hybridized carbons (Fsp3) is 0.118. The highest BCUT2D eigenvalue weighted by Crippen LogP contribution is 2.27. The molecule has 1 heterocycles. The van der Waals surface area contributed by atoms with E-state index < -0.39 is 0 Å². The first-order chi connectivity index (χ1) is 12.5. The Morgan fingerprint density at radius 2 is 1.81 bits per heavy atom. The highest BCUT2D eigenvalue weighted by molar-refractivity contribution is 7.98. The van der Waals surface area contributed by atoms with Gasteiger partial charge >= 0.3 is 0 Å². The molecule has 2 aromatic carbocycles. The molecule has 0 saturated carbocycles. The van der Waals surface area contributed by atoms with Crippen LogP contribution in [0.15, 0.2) is 47.6 Å². The molecule has 0 aliphatic heterocycles. The first-order valence-corrected chi connectivity index (χ1v) is 9.65. The van der Waals surface area contributed by atoms with Gasteiger partial charge in [-0.3, -0.25) is 9.89 Å². The number of aromatic nitrogens is 3. The Labute approximate surface area is 169 Å². The molecule has 0 radical (unpaired) electrons. The fourth-order valence-electron chi connectivity index (χ4n) is 2.07. The van der Waals surface area contributed by atoms with Crippen molar-refractivity contribution in [3.63, 3.8) is 0 Å². The van der Waals surface area contributed by atoms with Gasteiger partial charge in [-0.2, -0.15) is 0 Å². The average molecular weight is 428 g/mol. The smallest absolute Gasteiger partial charge is 0.251 e. The van der Waals surface area contributed by atoms with Crippen molar-refractivity contribution < 1.29 is 4.79 Å². The van der Waals surface area contributed by atoms with Gasteiger partial charge in [0.2, 0.25) is 5.16 Å². The highest BCUT2D eigenvalue weighted by atomic mass is 35.5. The van der Waals surface area contributed by atoms with E-state index in [4.69, 9.17) is 34.8 Å². The largest absolute Gasteiger partial charge is 0.345 e. The molecule has 0 fully saturated rings. The van der Waals surface area contributed by atoms with Crippen molar-refractivity contribution in [1.82, 2.24) is 20.5 Å². The minimum absolute atomic E-state index is 0.208. The SMILES string of the molecule is O=C(NCc1nc(SCc2ccc(Cl)cc2Cl)n[nH]1)c1ccc(Cl)cc1. The van der Waals surface area contributed by atoms with E-state index in [0.717, 1.165) is 5.56 Å². The molecule has 3 aromatic rings. The van der Waals surface area contributed by atoms with Crippen LogP contribution in [0.3, 0.4) is 0 Å². The molecular formula is C17H13Cl3N4OS. The zero-order valence-electron chi connectivity index (χ0n) is 13.3. The summed E-state index contributed by atoms with van der Waals surface area (Å²) in [6.45, 7) is 0.247. The molecule has 0 atom stereocenters. The number of benzene rings is 2. The minimum Gasteiger partial charge on any atom is -0.345 e. The van der Waals surface area contributed by atoms with Gasteiger partial charge in [0.1, 0.15) is 5.82 Å². The van der Waals surface area contributed by atoms with Crippen LogP contribution in [0.2, 0.25) is 15.1 Å². The molecule has 0 aliphatic carbocycles. The molecule has 1 amide bonds. The maximum Gasteiger partial charge on any atom is 0.251 e. The zero-order chi connectivity index (χ0) is 18.5. The van der Waals surface area contributed by atoms with Crippen molar-refractivity contribution in [2.75, 3.05) is 0 Å². The van der Waals surface area contributed by atoms with Crippen molar-refractivity contribution in [3.8, 4) is 0 Å². The lowest BCUT2D eigenvalue weighted by Crippen LogP contribution is -2.23. The molecule has 3 rings (SSSR count). The Balaban J connectivity index is 1.53. The third kappa shape index (κ3) is 5.14. The summed E-state index contributed by atoms with van der Waals surface area (Å²) in [7, 11) is 0. The third-order valence-electron chi connectivity index (χ3n) is 3.41. The van der Waals surface area contributed by atoms with Crippen molar-refractivity contribution in [1.29, 1.82) is 0 Å². The van der Waals surface area contributed by atoms with E-state index in [1.54, 1.807) is 36.4 Å². The third-order valence-corrected chi connectivity index (χ3v) is 5.14. The number of hydrogen-bond donors (Lipinski definition) is 2. The van der Waals surface area contributed by atoms with Crippen LogP contribution in [0.4, 0.5) is 0 Å². The summed E-state index contributed by atoms with van der Waals surface area (Å²) in [6.07, 6.45) is 0. The molecule has 0 aliphatic rings. The molecular weight excluding hydrogens is 415 g/mol. The summed E-state index contributed by atoms with van der Waals surface area (Å²) in [5.41, 5.74) is 1.48. The van der Waals surface area contributed by atoms with Gasteiger partial charge in [0, 0.05) is 26.4 Å². The quantitative estimate of drug-likeness (QED) is 0.544. The molecule has 1 aromatic heterocycles. The number of aromatic amines is 1. The topological polar surface area (TPSA) is 70.7 Å². The van der Waals surface area contributed by atoms with Crippen LogP contribution in [0.5, 0.6) is 0 Å². The average Bonchev–Trinajstić information content (AvgIpc) is 3.07. The van der Waals surface area contributed by atoms with Gasteiger partial charge < -0.3 is 5.32 Å². The van der Waals surface area contributed by atoms with Crippen LogP contribution >= 0.6 is 46.6 Å². The number of rotatable bonds is 6. The standard InChI is InChI=1S/C17H13Cl3N4OS/c18-12-4-1-10(2-5-12)16(25)21-8-15-22-17(24-23-15)26-9-11-3-6-13(19)7-14(11)20/h1-7H,8-9H2,(H,21,25)(H,22,23,24). The van der Waals surface area contributed by atoms with Crippen molar-refractivity contribution in [2.24, 2.45) is 0 Å². The van der Waals surface area contributed by atoms with Crippen molar-refractivity contribution >= 4 is 52.5 Å². The second-order valence-electron chi connectivity index (χ2n) is 5.28. The Kier molecular flexibility index (Phi) is 6.43. The maximum absolute atomic E-state index is 12.1. The highest BCUT2D eigenvalue weighted by Gasteiger charge is 2.09. The molecule has 0 bridgehead atoms. The maximum atomic E-state index is 12.1. The predicted octanol–water partition coefficient (Wildman–Crippen LogP) is 4.99. The number of carbonyl (C=O) groups excluding carboxylic acids is 1. The van der Waals surface area contributed by atoms with Gasteiger partial charge in [-0.15, -0.1) is 5.10 Å². The van der Waals surface area contributed by atoms with Crippen LogP contribution in [0, 0.1) is 0 Å². The summed E-state index contributed by atoms with van der Waals surface area (Å²) in [6, 6.07) is 12.0. The number of hydrogen-bond acceptors (Lipinski definition) is 4. The summed E-state index contributed by atoms with van der Waals surface area (Å²) in [5, 5.41) is 12.1. The van der Waals surface area contributed by atoms with Gasteiger partial charge in [-0.05, 0) is 42.0 Å². The lowest BCUT2D eigenvalue weighted by Gasteiger charge is -2.03. The van der Waals surface area contributed by atoms with Crippen LogP contribution in [0.1, 0.15) is 21.7 Å². The first kappa shape index (κ1) is 19.0. The van der Waals surface area contributed by atoms with Crippen LogP contribution in [0.25, 0.3) is 0 Å². The number of thioether (sulfide) groups is 1. The normalized spacial score (nSPS) is 10.7. The van der Waals surface area contributed by atoms with Crippen LogP contribution in [-0.4, -0.2) is 21.1 Å². The van der Waals surface area contributed by atoms with Crippen LogP contribution < -0.4 is 5.32 Å². The van der Waals surface area contributed by atoms with Crippen LogP contribution in [-0.2, 0) is 12.3 Å². The lowest BCUT2D eigenvalue weighted by atomic mass is 10.2. The number of H-pyrrole nitrogens is 1. The van der Waals surface area contributed by atoms with Gasteiger partial charge in [-0.25, -0.2) is 4.98 Å². The van der Waals surface area contributed by atoms with Gasteiger partial charge in [0.15, 0.2) is 0 Å². The van der Waals surface area contributed by atoms with Crippen molar-refractivity contribution in [3.05, 3.63) is 74.5 Å². The summed E-state index contributed by atoms with van der Waals surface area (Å²) < 4.78 is 0. The molecule has 134 valence electrons. The predicted molar refractivity (Wildman–Crippen MR) is 105 cm³/mol. The summed E-state index contributed by atoms with van der Waals surface area (Å²) >= 11 is 19.3. The summed E-state index contributed by atoms with van der Waals surface area (Å²) in [5.74, 6) is 0.974. The first-order valence-electron chi connectivity index (χ1n) is 7.53. The van der Waals surface area contributed by atoms with E-state index in [0.29, 0.717) is 37.4 Å². The number of carbonyl (C=O) groups is 1. The monoisotopic (exact) mass is 426 g/mol. The molecule has 9 heteroatoms. The second-order valence-corrected chi connectivity index (χ2v) is 7.50. The number of nitrogens with one attached hydrogen (secondary N) is 2. The van der Waals surface area contributed by atoms with Gasteiger partial charge in [-0.1, -0.05) is 52.6 Å². The Bertz CT molecular complexity index is 915. The Hall–Kier alpha value is -1.73. The second kappa shape index (κ2) is 8.77. The number of amides is 1. The van der Waals surface area contributed by atoms with E-state index in [1.165, 1.54) is 11.8 Å². The van der Waals surface area contributed by atoms with Gasteiger partial charge in [0.05, 0.1) is 6.54 Å². The van der Waals surface area contributed by atoms with E-state index in [2.05, 4.69) is 20.5 Å². The molecule has 2 N–H and O–H groups in total. The molecule has 5 nitrogen and oxygen atoms in total. The van der Waals surface area contributed by atoms with E-state index >= 15 is 0 Å². The zero-order valence-corrected chi connectivity index (χ0v) is 16.4. The molecule has 0 unspecified atom stereocenters. The summed E-state index contributed by atoms with van der Waals surface area (Å²) in [4.78, 5) is 16.4. The van der Waals surface area contributed by atoms with E-state index in [1.807, 2.05) is 6.07 Å². The Morgan fingerprint density at radius 3 is 2.54 bits per heavy atom. The minimum atomic E-state index is -0.208. The lowest BCUT2D eigenvalue weighted by molar-refractivity contribution is 0.0950. The molecule has 0 saturated heterocycles. The van der Waals surface area contributed by atoms with E-state index in [-0.39, 0.29) is 12.5 Å².